The maximum absolute atomic E-state index is 11.4. The minimum absolute atomic E-state index is 0.0214. The van der Waals surface area contributed by atoms with Crippen molar-refractivity contribution in [3.05, 3.63) is 0 Å². The SMILES string of the molecule is CC(CC(C)(C)C)[C@H](OC(N)=O)C(=O)NN. The molecule has 0 spiro atoms. The summed E-state index contributed by atoms with van der Waals surface area (Å²) in [6.45, 7) is 7.91. The summed E-state index contributed by atoms with van der Waals surface area (Å²) in [4.78, 5) is 22.1. The van der Waals surface area contributed by atoms with Gasteiger partial charge < -0.3 is 10.5 Å². The summed E-state index contributed by atoms with van der Waals surface area (Å²) >= 11 is 0. The van der Waals surface area contributed by atoms with Gasteiger partial charge in [0.25, 0.3) is 5.91 Å². The first-order valence-electron chi connectivity index (χ1n) is 5.14. The molecule has 6 nitrogen and oxygen atoms in total. The molecule has 0 saturated heterocycles. The number of amides is 2. The van der Waals surface area contributed by atoms with Crippen molar-refractivity contribution in [2.45, 2.75) is 40.2 Å². The Hall–Kier alpha value is -1.30. The van der Waals surface area contributed by atoms with E-state index in [0.29, 0.717) is 6.42 Å². The lowest BCUT2D eigenvalue weighted by molar-refractivity contribution is -0.132. The molecule has 6 heteroatoms. The van der Waals surface area contributed by atoms with Gasteiger partial charge in [0.05, 0.1) is 0 Å². The first-order chi connectivity index (χ1) is 7.17. The average molecular weight is 231 g/mol. The molecule has 0 heterocycles. The topological polar surface area (TPSA) is 107 Å². The van der Waals surface area contributed by atoms with Crippen LogP contribution in [0.3, 0.4) is 0 Å². The van der Waals surface area contributed by atoms with E-state index in [1.165, 1.54) is 0 Å². The van der Waals surface area contributed by atoms with Gasteiger partial charge in [-0.15, -0.1) is 0 Å². The third-order valence-corrected chi connectivity index (χ3v) is 2.09. The van der Waals surface area contributed by atoms with E-state index in [1.54, 1.807) is 0 Å². The molecule has 2 atom stereocenters. The number of nitrogens with one attached hydrogen (secondary N) is 1. The van der Waals surface area contributed by atoms with Gasteiger partial charge in [-0.25, -0.2) is 10.6 Å². The summed E-state index contributed by atoms with van der Waals surface area (Å²) in [5.41, 5.74) is 6.89. The summed E-state index contributed by atoms with van der Waals surface area (Å²) in [6, 6.07) is 0. The van der Waals surface area contributed by atoms with Crippen LogP contribution in [0.15, 0.2) is 0 Å². The van der Waals surface area contributed by atoms with Crippen LogP contribution in [0.25, 0.3) is 0 Å². The van der Waals surface area contributed by atoms with E-state index < -0.39 is 18.1 Å². The van der Waals surface area contributed by atoms with E-state index in [1.807, 2.05) is 33.1 Å². The van der Waals surface area contributed by atoms with Gasteiger partial charge in [-0.1, -0.05) is 27.7 Å². The van der Waals surface area contributed by atoms with Gasteiger partial charge in [-0.2, -0.15) is 0 Å². The normalized spacial score (nSPS) is 15.1. The van der Waals surface area contributed by atoms with Crippen LogP contribution in [-0.2, 0) is 9.53 Å². The fourth-order valence-corrected chi connectivity index (χ4v) is 1.71. The summed E-state index contributed by atoms with van der Waals surface area (Å²) in [7, 11) is 0. The summed E-state index contributed by atoms with van der Waals surface area (Å²) < 4.78 is 4.76. The summed E-state index contributed by atoms with van der Waals surface area (Å²) in [5.74, 6) is 4.32. The monoisotopic (exact) mass is 231 g/mol. The Labute approximate surface area is 95.7 Å². The molecule has 0 aliphatic carbocycles. The molecule has 0 aliphatic heterocycles. The van der Waals surface area contributed by atoms with Gasteiger partial charge in [0.2, 0.25) is 0 Å². The Morgan fingerprint density at radius 3 is 2.19 bits per heavy atom. The molecule has 0 fully saturated rings. The highest BCUT2D eigenvalue weighted by Gasteiger charge is 2.30. The van der Waals surface area contributed by atoms with E-state index in [4.69, 9.17) is 16.3 Å². The second-order valence-corrected chi connectivity index (χ2v) is 5.11. The largest absolute Gasteiger partial charge is 0.436 e. The van der Waals surface area contributed by atoms with Crippen molar-refractivity contribution < 1.29 is 14.3 Å². The molecule has 16 heavy (non-hydrogen) atoms. The van der Waals surface area contributed by atoms with Gasteiger partial charge in [0, 0.05) is 5.92 Å². The molecular weight excluding hydrogens is 210 g/mol. The van der Waals surface area contributed by atoms with E-state index in [2.05, 4.69) is 0 Å². The van der Waals surface area contributed by atoms with Gasteiger partial charge in [0.15, 0.2) is 6.10 Å². The lowest BCUT2D eigenvalue weighted by Gasteiger charge is -2.27. The minimum Gasteiger partial charge on any atom is -0.436 e. The lowest BCUT2D eigenvalue weighted by Crippen LogP contribution is -2.46. The smallest absolute Gasteiger partial charge is 0.405 e. The van der Waals surface area contributed by atoms with E-state index in [9.17, 15) is 9.59 Å². The summed E-state index contributed by atoms with van der Waals surface area (Å²) in [5, 5.41) is 0. The highest BCUT2D eigenvalue weighted by Crippen LogP contribution is 2.27. The lowest BCUT2D eigenvalue weighted by atomic mass is 9.83. The molecule has 5 N–H and O–H groups in total. The van der Waals surface area contributed by atoms with Crippen molar-refractivity contribution in [3.63, 3.8) is 0 Å². The molecule has 0 rings (SSSR count). The zero-order chi connectivity index (χ0) is 12.9. The van der Waals surface area contributed by atoms with Crippen LogP contribution >= 0.6 is 0 Å². The maximum atomic E-state index is 11.4. The number of carbonyl (C=O) groups is 2. The first-order valence-corrected chi connectivity index (χ1v) is 5.14. The average Bonchev–Trinajstić information content (AvgIpc) is 2.09. The molecule has 0 bridgehead atoms. The van der Waals surface area contributed by atoms with Crippen LogP contribution in [0.5, 0.6) is 0 Å². The minimum atomic E-state index is -0.977. The van der Waals surface area contributed by atoms with Gasteiger partial charge >= 0.3 is 6.09 Å². The van der Waals surface area contributed by atoms with Crippen LogP contribution < -0.4 is 17.0 Å². The number of hydrazine groups is 1. The van der Waals surface area contributed by atoms with Crippen molar-refractivity contribution in [1.29, 1.82) is 0 Å². The van der Waals surface area contributed by atoms with Gasteiger partial charge in [-0.3, -0.25) is 10.2 Å². The number of carbonyl (C=O) groups excluding carboxylic acids is 2. The van der Waals surface area contributed by atoms with E-state index >= 15 is 0 Å². The van der Waals surface area contributed by atoms with Crippen LogP contribution in [0, 0.1) is 11.3 Å². The Morgan fingerprint density at radius 1 is 1.38 bits per heavy atom. The number of hydrogen-bond donors (Lipinski definition) is 3. The Morgan fingerprint density at radius 2 is 1.88 bits per heavy atom. The molecule has 0 saturated carbocycles. The fraction of sp³-hybridized carbons (Fsp3) is 0.800. The molecule has 2 amide bonds. The number of nitrogens with two attached hydrogens (primary N) is 2. The van der Waals surface area contributed by atoms with Crippen LogP contribution in [-0.4, -0.2) is 18.1 Å². The molecule has 0 aliphatic rings. The second kappa shape index (κ2) is 5.69. The quantitative estimate of drug-likeness (QED) is 0.372. The van der Waals surface area contributed by atoms with Crippen LogP contribution in [0.2, 0.25) is 0 Å². The van der Waals surface area contributed by atoms with Crippen molar-refractivity contribution in [2.75, 3.05) is 0 Å². The standard InChI is InChI=1S/C10H21N3O3/c1-6(5-10(2,3)4)7(8(14)13-12)16-9(11)15/h6-7H,5,12H2,1-4H3,(H2,11,15)(H,13,14)/t6?,7-/m0/s1. The molecule has 94 valence electrons. The summed E-state index contributed by atoms with van der Waals surface area (Å²) in [6.07, 6.45) is -1.21. The predicted molar refractivity (Wildman–Crippen MR) is 60.0 cm³/mol. The molecular formula is C10H21N3O3. The molecule has 0 radical (unpaired) electrons. The third kappa shape index (κ3) is 5.55. The Bertz CT molecular complexity index is 261. The zero-order valence-electron chi connectivity index (χ0n) is 10.2. The van der Waals surface area contributed by atoms with Crippen LogP contribution in [0.4, 0.5) is 4.79 Å². The van der Waals surface area contributed by atoms with Crippen molar-refractivity contribution in [3.8, 4) is 0 Å². The Kier molecular flexibility index (Phi) is 5.23. The van der Waals surface area contributed by atoms with Gasteiger partial charge in [0.1, 0.15) is 0 Å². The van der Waals surface area contributed by atoms with E-state index in [0.717, 1.165) is 0 Å². The van der Waals surface area contributed by atoms with Gasteiger partial charge in [-0.05, 0) is 11.8 Å². The van der Waals surface area contributed by atoms with Crippen molar-refractivity contribution in [1.82, 2.24) is 5.43 Å². The number of ether oxygens (including phenoxy) is 1. The third-order valence-electron chi connectivity index (χ3n) is 2.09. The number of rotatable bonds is 4. The molecule has 1 unspecified atom stereocenters. The zero-order valence-corrected chi connectivity index (χ0v) is 10.2. The fourth-order valence-electron chi connectivity index (χ4n) is 1.71. The highest BCUT2D eigenvalue weighted by atomic mass is 16.6. The molecule has 0 aromatic rings. The number of hydrogen-bond acceptors (Lipinski definition) is 4. The van der Waals surface area contributed by atoms with E-state index in [-0.39, 0.29) is 11.3 Å². The molecule has 0 aromatic carbocycles. The van der Waals surface area contributed by atoms with Crippen molar-refractivity contribution >= 4 is 12.0 Å². The molecule has 0 aromatic heterocycles. The Balaban J connectivity index is 4.62. The van der Waals surface area contributed by atoms with Crippen LogP contribution in [0.1, 0.15) is 34.1 Å². The van der Waals surface area contributed by atoms with Crippen molar-refractivity contribution in [2.24, 2.45) is 22.9 Å². The first kappa shape index (κ1) is 14.7. The maximum Gasteiger partial charge on any atom is 0.405 e. The predicted octanol–water partition coefficient (Wildman–Crippen LogP) is 0.513. The second-order valence-electron chi connectivity index (χ2n) is 5.11. The highest BCUT2D eigenvalue weighted by molar-refractivity contribution is 5.82. The number of primary amides is 1.